The third-order valence-electron chi connectivity index (χ3n) is 3.32. The summed E-state index contributed by atoms with van der Waals surface area (Å²) in [7, 11) is 0. The molecule has 12 heavy (non-hydrogen) atoms. The molecule has 64 valence electrons. The highest BCUT2D eigenvalue weighted by Crippen LogP contribution is 2.65. The molecule has 0 atom stereocenters. The molecular formula is C9H13N3. The predicted molar refractivity (Wildman–Crippen MR) is 46.4 cm³/mol. The van der Waals surface area contributed by atoms with Crippen LogP contribution in [0.3, 0.4) is 0 Å². The molecule has 3 heteroatoms. The summed E-state index contributed by atoms with van der Waals surface area (Å²) in [5, 5.41) is 4.20. The summed E-state index contributed by atoms with van der Waals surface area (Å²) < 4.78 is 1.99. The van der Waals surface area contributed by atoms with E-state index in [1.807, 2.05) is 10.9 Å². The fourth-order valence-corrected chi connectivity index (χ4v) is 2.66. The summed E-state index contributed by atoms with van der Waals surface area (Å²) in [5.41, 5.74) is 6.99. The van der Waals surface area contributed by atoms with Crippen molar-refractivity contribution in [2.24, 2.45) is 11.3 Å². The van der Waals surface area contributed by atoms with E-state index >= 15 is 0 Å². The summed E-state index contributed by atoms with van der Waals surface area (Å²) in [6, 6.07) is 0. The summed E-state index contributed by atoms with van der Waals surface area (Å²) in [4.78, 5) is 0. The van der Waals surface area contributed by atoms with Gasteiger partial charge in [0.15, 0.2) is 0 Å². The number of anilines is 1. The predicted octanol–water partition coefficient (Wildman–Crippen LogP) is 1.27. The molecule has 3 aliphatic rings. The first-order valence-corrected chi connectivity index (χ1v) is 4.54. The smallest absolute Gasteiger partial charge is 0.0719 e. The van der Waals surface area contributed by atoms with E-state index < -0.39 is 0 Å². The molecule has 3 fully saturated rings. The van der Waals surface area contributed by atoms with Crippen LogP contribution in [0, 0.1) is 11.3 Å². The van der Waals surface area contributed by atoms with Crippen molar-refractivity contribution in [1.29, 1.82) is 0 Å². The summed E-state index contributed by atoms with van der Waals surface area (Å²) >= 11 is 0. The molecule has 4 rings (SSSR count). The van der Waals surface area contributed by atoms with Gasteiger partial charge in [-0.25, -0.2) is 0 Å². The topological polar surface area (TPSA) is 43.8 Å². The average molecular weight is 163 g/mol. The Bertz CT molecular complexity index is 298. The van der Waals surface area contributed by atoms with Gasteiger partial charge in [-0.05, 0) is 30.6 Å². The van der Waals surface area contributed by atoms with Crippen molar-refractivity contribution in [3.05, 3.63) is 12.4 Å². The molecule has 1 aromatic rings. The van der Waals surface area contributed by atoms with Gasteiger partial charge in [-0.1, -0.05) is 0 Å². The van der Waals surface area contributed by atoms with Gasteiger partial charge in [0, 0.05) is 12.7 Å². The van der Waals surface area contributed by atoms with E-state index in [0.29, 0.717) is 5.41 Å². The first-order valence-electron chi connectivity index (χ1n) is 4.54. The number of nitrogen functional groups attached to an aromatic ring is 1. The average Bonchev–Trinajstić information content (AvgIpc) is 2.23. The number of hydrogen-bond acceptors (Lipinski definition) is 2. The largest absolute Gasteiger partial charge is 0.396 e. The van der Waals surface area contributed by atoms with Gasteiger partial charge in [-0.3, -0.25) is 4.68 Å². The molecule has 3 saturated carbocycles. The minimum atomic E-state index is 0.628. The Balaban J connectivity index is 1.75. The van der Waals surface area contributed by atoms with Crippen LogP contribution in [0.15, 0.2) is 12.4 Å². The van der Waals surface area contributed by atoms with Gasteiger partial charge in [-0.15, -0.1) is 0 Å². The second-order valence-electron chi connectivity index (χ2n) is 4.45. The highest BCUT2D eigenvalue weighted by atomic mass is 15.3. The Labute approximate surface area is 71.6 Å². The third-order valence-corrected chi connectivity index (χ3v) is 3.32. The van der Waals surface area contributed by atoms with E-state index in [1.54, 1.807) is 6.20 Å². The number of nitrogens with two attached hydrogens (primary N) is 1. The molecule has 0 unspecified atom stereocenters. The van der Waals surface area contributed by atoms with Crippen LogP contribution < -0.4 is 5.73 Å². The highest BCUT2D eigenvalue weighted by molar-refractivity contribution is 5.30. The Kier molecular flexibility index (Phi) is 1.000. The molecule has 0 aliphatic heterocycles. The monoisotopic (exact) mass is 163 g/mol. The minimum Gasteiger partial charge on any atom is -0.396 e. The van der Waals surface area contributed by atoms with Crippen LogP contribution in [0.1, 0.15) is 19.3 Å². The molecule has 0 saturated heterocycles. The summed E-state index contributed by atoms with van der Waals surface area (Å²) in [6.07, 6.45) is 7.93. The standard InChI is InChI=1S/C9H13N3/c10-8-4-11-12(5-8)6-9-1-7(2-9)3-9/h4-5,7H,1-3,6,10H2. The van der Waals surface area contributed by atoms with E-state index in [9.17, 15) is 0 Å². The minimum absolute atomic E-state index is 0.628. The van der Waals surface area contributed by atoms with Crippen molar-refractivity contribution < 1.29 is 0 Å². The molecule has 2 bridgehead atoms. The summed E-state index contributed by atoms with van der Waals surface area (Å²) in [6.45, 7) is 1.08. The van der Waals surface area contributed by atoms with Gasteiger partial charge in [0.2, 0.25) is 0 Å². The Morgan fingerprint density at radius 1 is 1.58 bits per heavy atom. The van der Waals surface area contributed by atoms with Crippen LogP contribution in [-0.4, -0.2) is 9.78 Å². The number of nitrogens with zero attached hydrogens (tertiary/aromatic N) is 2. The maximum atomic E-state index is 5.59. The van der Waals surface area contributed by atoms with Crippen molar-refractivity contribution in [2.75, 3.05) is 5.73 Å². The number of aromatic nitrogens is 2. The zero-order chi connectivity index (χ0) is 8.18. The number of hydrogen-bond donors (Lipinski definition) is 1. The lowest BCUT2D eigenvalue weighted by Gasteiger charge is -2.61. The van der Waals surface area contributed by atoms with Crippen molar-refractivity contribution in [3.63, 3.8) is 0 Å². The van der Waals surface area contributed by atoms with Crippen LogP contribution >= 0.6 is 0 Å². The fraction of sp³-hybridized carbons (Fsp3) is 0.667. The normalized spacial score (nSPS) is 37.2. The van der Waals surface area contributed by atoms with Crippen LogP contribution in [-0.2, 0) is 6.54 Å². The lowest BCUT2D eigenvalue weighted by atomic mass is 9.44. The van der Waals surface area contributed by atoms with E-state index in [2.05, 4.69) is 5.10 Å². The van der Waals surface area contributed by atoms with Crippen molar-refractivity contribution >= 4 is 5.69 Å². The van der Waals surface area contributed by atoms with Gasteiger partial charge in [0.25, 0.3) is 0 Å². The maximum absolute atomic E-state index is 5.59. The molecule has 1 aromatic heterocycles. The first kappa shape index (κ1) is 6.52. The molecule has 3 nitrogen and oxygen atoms in total. The van der Waals surface area contributed by atoms with Crippen molar-refractivity contribution in [1.82, 2.24) is 9.78 Å². The quantitative estimate of drug-likeness (QED) is 0.713. The maximum Gasteiger partial charge on any atom is 0.0719 e. The second-order valence-corrected chi connectivity index (χ2v) is 4.45. The van der Waals surface area contributed by atoms with E-state index in [0.717, 1.165) is 18.2 Å². The van der Waals surface area contributed by atoms with Gasteiger partial charge in [-0.2, -0.15) is 5.10 Å². The van der Waals surface area contributed by atoms with E-state index in [-0.39, 0.29) is 0 Å². The van der Waals surface area contributed by atoms with Crippen LogP contribution in [0.25, 0.3) is 0 Å². The van der Waals surface area contributed by atoms with Crippen LogP contribution in [0.2, 0.25) is 0 Å². The molecule has 0 amide bonds. The Morgan fingerprint density at radius 2 is 2.33 bits per heavy atom. The van der Waals surface area contributed by atoms with E-state index in [4.69, 9.17) is 5.73 Å². The van der Waals surface area contributed by atoms with Gasteiger partial charge in [0.05, 0.1) is 11.9 Å². The van der Waals surface area contributed by atoms with Gasteiger partial charge in [0.1, 0.15) is 0 Å². The molecule has 2 N–H and O–H groups in total. The van der Waals surface area contributed by atoms with Crippen LogP contribution in [0.4, 0.5) is 5.69 Å². The van der Waals surface area contributed by atoms with Gasteiger partial charge < -0.3 is 5.73 Å². The van der Waals surface area contributed by atoms with Crippen molar-refractivity contribution in [2.45, 2.75) is 25.8 Å². The van der Waals surface area contributed by atoms with E-state index in [1.165, 1.54) is 19.3 Å². The lowest BCUT2D eigenvalue weighted by molar-refractivity contribution is -0.120. The molecule has 3 aliphatic carbocycles. The first-order chi connectivity index (χ1) is 5.76. The van der Waals surface area contributed by atoms with Gasteiger partial charge >= 0.3 is 0 Å². The zero-order valence-corrected chi connectivity index (χ0v) is 7.03. The lowest BCUT2D eigenvalue weighted by Crippen LogP contribution is -2.54. The van der Waals surface area contributed by atoms with Crippen LogP contribution in [0.5, 0.6) is 0 Å². The summed E-state index contributed by atoms with van der Waals surface area (Å²) in [5.74, 6) is 1.05. The molecule has 0 spiro atoms. The zero-order valence-electron chi connectivity index (χ0n) is 7.03. The number of rotatable bonds is 2. The van der Waals surface area contributed by atoms with Crippen molar-refractivity contribution in [3.8, 4) is 0 Å². The second kappa shape index (κ2) is 1.84. The third kappa shape index (κ3) is 0.737. The SMILES string of the molecule is Nc1cnn(CC23CC(C2)C3)c1. The molecule has 1 heterocycles. The molecule has 0 radical (unpaired) electrons. The Hall–Kier alpha value is -0.990. The fourth-order valence-electron chi connectivity index (χ4n) is 2.66. The highest BCUT2D eigenvalue weighted by Gasteiger charge is 2.56. The molecular weight excluding hydrogens is 150 g/mol. The molecule has 0 aromatic carbocycles. The Morgan fingerprint density at radius 3 is 2.75 bits per heavy atom.